The van der Waals surface area contributed by atoms with Crippen molar-refractivity contribution in [2.24, 2.45) is 11.1 Å². The fraction of sp³-hybridized carbons (Fsp3) is 0.471. The second-order valence-corrected chi connectivity index (χ2v) is 5.81. The lowest BCUT2D eigenvalue weighted by molar-refractivity contribution is -0.126. The van der Waals surface area contributed by atoms with Crippen molar-refractivity contribution >= 4 is 23.2 Å². The summed E-state index contributed by atoms with van der Waals surface area (Å²) in [4.78, 5) is 27.7. The molecule has 23 heavy (non-hydrogen) atoms. The molecule has 0 aliphatic heterocycles. The van der Waals surface area contributed by atoms with E-state index in [4.69, 9.17) is 4.84 Å². The van der Waals surface area contributed by atoms with Crippen LogP contribution >= 0.6 is 0 Å². The van der Waals surface area contributed by atoms with Crippen LogP contribution in [0.1, 0.15) is 40.2 Å². The topological polar surface area (TPSA) is 79.8 Å². The molecule has 0 unspecified atom stereocenters. The highest BCUT2D eigenvalue weighted by molar-refractivity contribution is 5.99. The molecular formula is C17H25N3O3. The third-order valence-electron chi connectivity index (χ3n) is 3.41. The normalized spacial score (nSPS) is 12.7. The molecule has 0 aliphatic rings. The van der Waals surface area contributed by atoms with Crippen LogP contribution in [-0.4, -0.2) is 30.2 Å². The van der Waals surface area contributed by atoms with Crippen molar-refractivity contribution in [3.8, 4) is 0 Å². The minimum Gasteiger partial charge on any atom is -0.385 e. The van der Waals surface area contributed by atoms with Crippen LogP contribution in [-0.2, 0) is 14.4 Å². The Morgan fingerprint density at radius 2 is 1.74 bits per heavy atom. The smallest absolute Gasteiger partial charge is 0.260 e. The van der Waals surface area contributed by atoms with Gasteiger partial charge in [-0.3, -0.25) is 9.59 Å². The Kier molecular flexibility index (Phi) is 7.25. The maximum absolute atomic E-state index is 11.7. The predicted octanol–water partition coefficient (Wildman–Crippen LogP) is 2.55. The van der Waals surface area contributed by atoms with Crippen LogP contribution in [0.5, 0.6) is 0 Å². The zero-order chi connectivity index (χ0) is 17.4. The van der Waals surface area contributed by atoms with E-state index in [1.165, 1.54) is 6.92 Å². The van der Waals surface area contributed by atoms with Crippen molar-refractivity contribution in [1.82, 2.24) is 5.32 Å². The number of rotatable bonds is 7. The standard InChI is InChI=1S/C17H25N3O3/c1-11(2)12(3)18-17(22)10-23-20-13(4)15-6-8-16(9-7-15)19-14(5)21/h6-9,11-12H,10H2,1-5H3,(H,18,22)(H,19,21)/b20-13-/t12-/m0/s1. The number of nitrogens with zero attached hydrogens (tertiary/aromatic N) is 1. The molecule has 0 heterocycles. The molecule has 1 aromatic rings. The third-order valence-corrected chi connectivity index (χ3v) is 3.41. The van der Waals surface area contributed by atoms with E-state index in [9.17, 15) is 9.59 Å². The molecule has 6 heteroatoms. The van der Waals surface area contributed by atoms with Crippen LogP contribution in [0.2, 0.25) is 0 Å². The predicted molar refractivity (Wildman–Crippen MR) is 91.4 cm³/mol. The molecule has 126 valence electrons. The SMILES string of the molecule is CC(=O)Nc1ccc(/C(C)=N\OCC(=O)N[C@@H](C)C(C)C)cc1. The van der Waals surface area contributed by atoms with Gasteiger partial charge in [-0.1, -0.05) is 31.1 Å². The summed E-state index contributed by atoms with van der Waals surface area (Å²) in [6, 6.07) is 7.32. The Labute approximate surface area is 137 Å². The lowest BCUT2D eigenvalue weighted by Gasteiger charge is -2.16. The number of nitrogens with one attached hydrogen (secondary N) is 2. The van der Waals surface area contributed by atoms with E-state index in [1.807, 2.05) is 32.9 Å². The minimum atomic E-state index is -0.191. The zero-order valence-electron chi connectivity index (χ0n) is 14.3. The molecule has 0 aromatic heterocycles. The number of oxime groups is 1. The number of hydrogen-bond acceptors (Lipinski definition) is 4. The molecule has 0 bridgehead atoms. The molecule has 0 spiro atoms. The molecule has 2 amide bonds. The lowest BCUT2D eigenvalue weighted by Crippen LogP contribution is -2.38. The average Bonchev–Trinajstić information content (AvgIpc) is 2.47. The minimum absolute atomic E-state index is 0.0949. The van der Waals surface area contributed by atoms with Gasteiger partial charge in [0.2, 0.25) is 5.91 Å². The van der Waals surface area contributed by atoms with Gasteiger partial charge >= 0.3 is 0 Å². The van der Waals surface area contributed by atoms with Crippen molar-refractivity contribution in [2.75, 3.05) is 11.9 Å². The van der Waals surface area contributed by atoms with Gasteiger partial charge < -0.3 is 15.5 Å². The summed E-state index contributed by atoms with van der Waals surface area (Å²) in [5.74, 6) is 0.0585. The molecular weight excluding hydrogens is 294 g/mol. The number of hydrogen-bond donors (Lipinski definition) is 2. The second-order valence-electron chi connectivity index (χ2n) is 5.81. The first-order valence-electron chi connectivity index (χ1n) is 7.63. The highest BCUT2D eigenvalue weighted by atomic mass is 16.6. The van der Waals surface area contributed by atoms with Crippen molar-refractivity contribution in [3.63, 3.8) is 0 Å². The van der Waals surface area contributed by atoms with Crippen molar-refractivity contribution in [1.29, 1.82) is 0 Å². The molecule has 0 saturated heterocycles. The summed E-state index contributed by atoms with van der Waals surface area (Å²) in [5, 5.41) is 9.48. The number of amides is 2. The average molecular weight is 319 g/mol. The highest BCUT2D eigenvalue weighted by Crippen LogP contribution is 2.10. The zero-order valence-corrected chi connectivity index (χ0v) is 14.3. The van der Waals surface area contributed by atoms with Crippen LogP contribution in [0, 0.1) is 5.92 Å². The molecule has 0 aliphatic carbocycles. The van der Waals surface area contributed by atoms with Crippen molar-refractivity contribution in [2.45, 2.75) is 40.7 Å². The lowest BCUT2D eigenvalue weighted by atomic mass is 10.1. The Balaban J connectivity index is 2.50. The number of anilines is 1. The fourth-order valence-corrected chi connectivity index (χ4v) is 1.70. The van der Waals surface area contributed by atoms with Crippen molar-refractivity contribution < 1.29 is 14.4 Å². The molecule has 6 nitrogen and oxygen atoms in total. The molecule has 0 saturated carbocycles. The molecule has 1 aromatic carbocycles. The van der Waals surface area contributed by atoms with Crippen LogP contribution in [0.25, 0.3) is 0 Å². The van der Waals surface area contributed by atoms with Gasteiger partial charge in [-0.2, -0.15) is 0 Å². The van der Waals surface area contributed by atoms with Gasteiger partial charge in [-0.15, -0.1) is 0 Å². The van der Waals surface area contributed by atoms with E-state index in [0.717, 1.165) is 11.3 Å². The summed E-state index contributed by atoms with van der Waals surface area (Å²) in [6.07, 6.45) is 0. The van der Waals surface area contributed by atoms with E-state index < -0.39 is 0 Å². The largest absolute Gasteiger partial charge is 0.385 e. The quantitative estimate of drug-likeness (QED) is 0.599. The Morgan fingerprint density at radius 3 is 2.26 bits per heavy atom. The molecule has 0 fully saturated rings. The molecule has 1 atom stereocenters. The molecule has 2 N–H and O–H groups in total. The summed E-state index contributed by atoms with van der Waals surface area (Å²) in [5.41, 5.74) is 2.23. The van der Waals surface area contributed by atoms with Gasteiger partial charge in [0.05, 0.1) is 5.71 Å². The van der Waals surface area contributed by atoms with Gasteiger partial charge in [0.25, 0.3) is 5.91 Å². The summed E-state index contributed by atoms with van der Waals surface area (Å²) in [6.45, 7) is 9.17. The number of carbonyl (C=O) groups is 2. The first-order valence-corrected chi connectivity index (χ1v) is 7.63. The van der Waals surface area contributed by atoms with Gasteiger partial charge in [-0.25, -0.2) is 0 Å². The summed E-state index contributed by atoms with van der Waals surface area (Å²) in [7, 11) is 0. The third kappa shape index (κ3) is 6.95. The van der Waals surface area contributed by atoms with E-state index in [0.29, 0.717) is 11.6 Å². The number of carbonyl (C=O) groups excluding carboxylic acids is 2. The van der Waals surface area contributed by atoms with Crippen LogP contribution in [0.3, 0.4) is 0 Å². The Hall–Kier alpha value is -2.37. The first kappa shape index (κ1) is 18.7. The van der Waals surface area contributed by atoms with E-state index in [1.54, 1.807) is 19.1 Å². The summed E-state index contributed by atoms with van der Waals surface area (Å²) >= 11 is 0. The van der Waals surface area contributed by atoms with Gasteiger partial charge in [0.1, 0.15) is 0 Å². The van der Waals surface area contributed by atoms with Gasteiger partial charge in [-0.05, 0) is 37.5 Å². The molecule has 0 radical (unpaired) electrons. The van der Waals surface area contributed by atoms with Crippen LogP contribution in [0.4, 0.5) is 5.69 Å². The second kappa shape index (κ2) is 8.92. The Bertz CT molecular complexity index is 565. The van der Waals surface area contributed by atoms with E-state index >= 15 is 0 Å². The maximum atomic E-state index is 11.7. The van der Waals surface area contributed by atoms with Crippen LogP contribution in [0.15, 0.2) is 29.4 Å². The van der Waals surface area contributed by atoms with Gasteiger partial charge in [0.15, 0.2) is 6.61 Å². The molecule has 1 rings (SSSR count). The monoisotopic (exact) mass is 319 g/mol. The van der Waals surface area contributed by atoms with E-state index in [2.05, 4.69) is 15.8 Å². The van der Waals surface area contributed by atoms with Crippen molar-refractivity contribution in [3.05, 3.63) is 29.8 Å². The van der Waals surface area contributed by atoms with Crippen LogP contribution < -0.4 is 10.6 Å². The Morgan fingerprint density at radius 1 is 1.13 bits per heavy atom. The highest BCUT2D eigenvalue weighted by Gasteiger charge is 2.10. The first-order chi connectivity index (χ1) is 10.8. The van der Waals surface area contributed by atoms with E-state index in [-0.39, 0.29) is 24.5 Å². The number of benzene rings is 1. The fourth-order valence-electron chi connectivity index (χ4n) is 1.70. The maximum Gasteiger partial charge on any atom is 0.260 e. The summed E-state index contributed by atoms with van der Waals surface area (Å²) < 4.78 is 0. The van der Waals surface area contributed by atoms with Gasteiger partial charge in [0, 0.05) is 18.7 Å².